The molecule has 1 saturated heterocycles. The van der Waals surface area contributed by atoms with E-state index >= 15 is 0 Å². The van der Waals surface area contributed by atoms with Crippen LogP contribution in [0.4, 0.5) is 0 Å². The molecule has 88 valence electrons. The quantitative estimate of drug-likeness (QED) is 0.710. The van der Waals surface area contributed by atoms with E-state index in [1.807, 2.05) is 0 Å². The second-order valence-corrected chi connectivity index (χ2v) is 5.27. The van der Waals surface area contributed by atoms with E-state index in [9.17, 15) is 8.42 Å². The van der Waals surface area contributed by atoms with Crippen LogP contribution >= 0.6 is 0 Å². The lowest BCUT2D eigenvalue weighted by atomic mass is 10.4. The molecule has 0 aromatic heterocycles. The zero-order chi connectivity index (χ0) is 11.4. The highest BCUT2D eigenvalue weighted by molar-refractivity contribution is 7.87. The van der Waals surface area contributed by atoms with Crippen molar-refractivity contribution in [3.63, 3.8) is 0 Å². The molecule has 0 aromatic carbocycles. The van der Waals surface area contributed by atoms with Crippen LogP contribution in [0.5, 0.6) is 0 Å². The first-order valence-electron chi connectivity index (χ1n) is 5.07. The molecule has 0 radical (unpaired) electrons. The molecule has 0 spiro atoms. The molecule has 0 aliphatic carbocycles. The largest absolute Gasteiger partial charge is 0.314 e. The van der Waals surface area contributed by atoms with Crippen molar-refractivity contribution < 1.29 is 8.42 Å². The minimum absolute atomic E-state index is 0.494. The van der Waals surface area contributed by atoms with Gasteiger partial charge < -0.3 is 5.32 Å². The number of aliphatic imine (C=N–C) groups is 1. The van der Waals surface area contributed by atoms with Crippen molar-refractivity contribution in [3.05, 3.63) is 24.6 Å². The minimum atomic E-state index is -3.46. The number of hydrogen-bond donors (Lipinski definition) is 1. The molecule has 1 fully saturated rings. The molecule has 2 heterocycles. The molecule has 2 rings (SSSR count). The Balaban J connectivity index is 2.17. The van der Waals surface area contributed by atoms with Crippen LogP contribution in [0.3, 0.4) is 0 Å². The summed E-state index contributed by atoms with van der Waals surface area (Å²) in [4.78, 5) is 3.85. The summed E-state index contributed by atoms with van der Waals surface area (Å²) in [6.45, 7) is 2.36. The average molecular weight is 242 g/mol. The van der Waals surface area contributed by atoms with Crippen LogP contribution in [-0.4, -0.2) is 49.5 Å². The highest BCUT2D eigenvalue weighted by Crippen LogP contribution is 2.09. The normalized spacial score (nSPS) is 22.4. The van der Waals surface area contributed by atoms with E-state index in [1.165, 1.54) is 16.8 Å². The molecule has 2 aliphatic rings. The Labute approximate surface area is 95.1 Å². The molecule has 0 unspecified atom stereocenters. The second-order valence-electron chi connectivity index (χ2n) is 3.43. The lowest BCUT2D eigenvalue weighted by Crippen LogP contribution is -2.50. The highest BCUT2D eigenvalue weighted by atomic mass is 32.2. The summed E-state index contributed by atoms with van der Waals surface area (Å²) in [7, 11) is -3.46. The van der Waals surface area contributed by atoms with E-state index in [0.29, 0.717) is 26.2 Å². The van der Waals surface area contributed by atoms with Crippen LogP contribution in [0, 0.1) is 0 Å². The first-order chi connectivity index (χ1) is 7.71. The van der Waals surface area contributed by atoms with E-state index in [0.717, 1.165) is 4.31 Å². The monoisotopic (exact) mass is 242 g/mol. The minimum Gasteiger partial charge on any atom is -0.314 e. The standard InChI is InChI=1S/C9H14N4O2S/c14-16(15,12-7-4-10-5-8-12)13-6-2-1-3-11-9-13/h1-3,6,9-10H,4-5,7-8H2. The Bertz CT molecular complexity index is 405. The fourth-order valence-electron chi connectivity index (χ4n) is 1.52. The maximum atomic E-state index is 12.1. The maximum Gasteiger partial charge on any atom is 0.308 e. The molecule has 16 heavy (non-hydrogen) atoms. The van der Waals surface area contributed by atoms with Crippen LogP contribution in [0.25, 0.3) is 0 Å². The van der Waals surface area contributed by atoms with Gasteiger partial charge in [-0.1, -0.05) is 0 Å². The third kappa shape index (κ3) is 2.31. The van der Waals surface area contributed by atoms with Gasteiger partial charge in [-0.2, -0.15) is 12.7 Å². The van der Waals surface area contributed by atoms with Crippen molar-refractivity contribution in [2.45, 2.75) is 0 Å². The maximum absolute atomic E-state index is 12.1. The zero-order valence-electron chi connectivity index (χ0n) is 8.78. The van der Waals surface area contributed by atoms with Gasteiger partial charge in [0.05, 0.1) is 0 Å². The second kappa shape index (κ2) is 4.77. The van der Waals surface area contributed by atoms with Gasteiger partial charge in [-0.15, -0.1) is 0 Å². The molecule has 6 nitrogen and oxygen atoms in total. The number of nitrogens with one attached hydrogen (secondary N) is 1. The lowest BCUT2D eigenvalue weighted by molar-refractivity contribution is 0.348. The van der Waals surface area contributed by atoms with Gasteiger partial charge in [0, 0.05) is 38.6 Å². The van der Waals surface area contributed by atoms with Gasteiger partial charge >= 0.3 is 10.2 Å². The van der Waals surface area contributed by atoms with Crippen molar-refractivity contribution in [2.75, 3.05) is 26.2 Å². The Morgan fingerprint density at radius 1 is 1.19 bits per heavy atom. The zero-order valence-corrected chi connectivity index (χ0v) is 9.60. The summed E-state index contributed by atoms with van der Waals surface area (Å²) in [6.07, 6.45) is 7.67. The van der Waals surface area contributed by atoms with E-state index in [2.05, 4.69) is 10.3 Å². The highest BCUT2D eigenvalue weighted by Gasteiger charge is 2.27. The van der Waals surface area contributed by atoms with E-state index < -0.39 is 10.2 Å². The molecule has 7 heteroatoms. The van der Waals surface area contributed by atoms with Crippen molar-refractivity contribution >= 4 is 16.5 Å². The molecule has 0 amide bonds. The Morgan fingerprint density at radius 2 is 1.94 bits per heavy atom. The van der Waals surface area contributed by atoms with Gasteiger partial charge in [0.15, 0.2) is 0 Å². The van der Waals surface area contributed by atoms with Crippen LogP contribution in [-0.2, 0) is 10.2 Å². The third-order valence-electron chi connectivity index (χ3n) is 2.37. The Kier molecular flexibility index (Phi) is 3.37. The van der Waals surface area contributed by atoms with Gasteiger partial charge in [0.25, 0.3) is 0 Å². The van der Waals surface area contributed by atoms with E-state index in [4.69, 9.17) is 0 Å². The fourth-order valence-corrected chi connectivity index (χ4v) is 2.83. The van der Waals surface area contributed by atoms with Crippen molar-refractivity contribution in [3.8, 4) is 0 Å². The number of allylic oxidation sites excluding steroid dienone is 2. The van der Waals surface area contributed by atoms with E-state index in [-0.39, 0.29) is 0 Å². The van der Waals surface area contributed by atoms with Crippen molar-refractivity contribution in [1.29, 1.82) is 0 Å². The third-order valence-corrected chi connectivity index (χ3v) is 4.13. The molecular formula is C9H14N4O2S. The number of rotatable bonds is 2. The Hall–Kier alpha value is -1.18. The number of piperazine rings is 1. The predicted octanol–water partition coefficient (Wildman–Crippen LogP) is -0.492. The smallest absolute Gasteiger partial charge is 0.308 e. The van der Waals surface area contributed by atoms with Gasteiger partial charge in [-0.3, -0.25) is 0 Å². The molecule has 2 aliphatic heterocycles. The molecular weight excluding hydrogens is 228 g/mol. The molecule has 0 atom stereocenters. The first-order valence-corrected chi connectivity index (χ1v) is 6.47. The topological polar surface area (TPSA) is 65.0 Å². The van der Waals surface area contributed by atoms with Crippen LogP contribution in [0.1, 0.15) is 0 Å². The fraction of sp³-hybridized carbons (Fsp3) is 0.444. The molecule has 1 N–H and O–H groups in total. The Morgan fingerprint density at radius 3 is 2.69 bits per heavy atom. The van der Waals surface area contributed by atoms with Crippen LogP contribution in [0.15, 0.2) is 29.5 Å². The average Bonchev–Trinajstić information content (AvgIpc) is 2.59. The van der Waals surface area contributed by atoms with Gasteiger partial charge in [0.1, 0.15) is 6.34 Å². The van der Waals surface area contributed by atoms with Crippen LogP contribution in [0.2, 0.25) is 0 Å². The number of nitrogens with zero attached hydrogens (tertiary/aromatic N) is 3. The van der Waals surface area contributed by atoms with Gasteiger partial charge in [-0.05, 0) is 12.2 Å². The molecule has 0 saturated carbocycles. The number of hydrogen-bond acceptors (Lipinski definition) is 4. The van der Waals surface area contributed by atoms with Gasteiger partial charge in [0.2, 0.25) is 0 Å². The summed E-state index contributed by atoms with van der Waals surface area (Å²) in [5.74, 6) is 0. The summed E-state index contributed by atoms with van der Waals surface area (Å²) >= 11 is 0. The molecule has 0 bridgehead atoms. The molecule has 0 aromatic rings. The predicted molar refractivity (Wildman–Crippen MR) is 62.0 cm³/mol. The summed E-state index contributed by atoms with van der Waals surface area (Å²) in [5.41, 5.74) is 0. The SMILES string of the molecule is O=S(=O)(N1C=CC=CN=C1)N1CCNCC1. The first kappa shape index (κ1) is 11.3. The summed E-state index contributed by atoms with van der Waals surface area (Å²) < 4.78 is 26.9. The van der Waals surface area contributed by atoms with Crippen LogP contribution < -0.4 is 5.32 Å². The van der Waals surface area contributed by atoms with Crippen molar-refractivity contribution in [2.24, 2.45) is 4.99 Å². The van der Waals surface area contributed by atoms with Crippen molar-refractivity contribution in [1.82, 2.24) is 13.9 Å². The van der Waals surface area contributed by atoms with Gasteiger partial charge in [-0.25, -0.2) is 9.30 Å². The van der Waals surface area contributed by atoms with E-state index in [1.54, 1.807) is 18.4 Å². The summed E-state index contributed by atoms with van der Waals surface area (Å²) in [6, 6.07) is 0. The lowest BCUT2D eigenvalue weighted by Gasteiger charge is -2.29. The summed E-state index contributed by atoms with van der Waals surface area (Å²) in [5, 5.41) is 3.11.